The van der Waals surface area contributed by atoms with Gasteiger partial charge in [0, 0.05) is 24.3 Å². The summed E-state index contributed by atoms with van der Waals surface area (Å²) in [6.45, 7) is 0.339. The zero-order valence-electron chi connectivity index (χ0n) is 9.61. The summed E-state index contributed by atoms with van der Waals surface area (Å²) in [5.74, 6) is 0.731. The zero-order chi connectivity index (χ0) is 11.0. The lowest BCUT2D eigenvalue weighted by Crippen LogP contribution is -2.10. The molecule has 2 aliphatic carbocycles. The Morgan fingerprint density at radius 2 is 2.12 bits per heavy atom. The number of thiazole rings is 1. The van der Waals surface area contributed by atoms with Crippen molar-refractivity contribution in [3.8, 4) is 0 Å². The van der Waals surface area contributed by atoms with E-state index in [1.165, 1.54) is 49.2 Å². The third kappa shape index (κ3) is 2.03. The molecule has 1 N–H and O–H groups in total. The van der Waals surface area contributed by atoms with E-state index in [-0.39, 0.29) is 5.41 Å². The Balaban J connectivity index is 1.68. The molecule has 0 bridgehead atoms. The molecule has 0 radical (unpaired) electrons. The van der Waals surface area contributed by atoms with E-state index in [1.54, 1.807) is 11.3 Å². The summed E-state index contributed by atoms with van der Waals surface area (Å²) in [7, 11) is 0. The van der Waals surface area contributed by atoms with Crippen LogP contribution in [0.3, 0.4) is 0 Å². The van der Waals surface area contributed by atoms with Crippen LogP contribution < -0.4 is 0 Å². The molecular formula is C13H19NOS. The molecule has 1 aromatic rings. The molecule has 0 unspecified atom stereocenters. The van der Waals surface area contributed by atoms with Crippen LogP contribution >= 0.6 is 11.3 Å². The maximum atomic E-state index is 9.31. The fourth-order valence-corrected chi connectivity index (χ4v) is 3.75. The molecule has 0 amide bonds. The molecule has 2 fully saturated rings. The van der Waals surface area contributed by atoms with Gasteiger partial charge in [0.05, 0.1) is 10.7 Å². The number of nitrogens with zero attached hydrogens (tertiary/aromatic N) is 1. The Morgan fingerprint density at radius 1 is 1.38 bits per heavy atom. The minimum Gasteiger partial charge on any atom is -0.396 e. The third-order valence-electron chi connectivity index (χ3n) is 4.16. The molecule has 0 aliphatic heterocycles. The second-order valence-corrected chi connectivity index (χ2v) is 6.43. The van der Waals surface area contributed by atoms with Crippen LogP contribution in [0.5, 0.6) is 0 Å². The second kappa shape index (κ2) is 4.11. The number of hydrogen-bond donors (Lipinski definition) is 1. The molecule has 0 atom stereocenters. The van der Waals surface area contributed by atoms with Crippen molar-refractivity contribution < 1.29 is 5.11 Å². The van der Waals surface area contributed by atoms with Gasteiger partial charge in [0.2, 0.25) is 0 Å². The van der Waals surface area contributed by atoms with E-state index in [2.05, 4.69) is 5.38 Å². The van der Waals surface area contributed by atoms with Crippen molar-refractivity contribution in [1.82, 2.24) is 4.98 Å². The first-order chi connectivity index (χ1) is 7.81. The van der Waals surface area contributed by atoms with Gasteiger partial charge in [0.1, 0.15) is 0 Å². The van der Waals surface area contributed by atoms with Crippen molar-refractivity contribution in [3.05, 3.63) is 16.1 Å². The first kappa shape index (κ1) is 10.7. The molecule has 0 saturated heterocycles. The lowest BCUT2D eigenvalue weighted by atomic mass is 10.0. The third-order valence-corrected chi connectivity index (χ3v) is 5.03. The van der Waals surface area contributed by atoms with Crippen molar-refractivity contribution in [1.29, 1.82) is 0 Å². The van der Waals surface area contributed by atoms with E-state index in [1.807, 2.05) is 0 Å². The van der Waals surface area contributed by atoms with E-state index in [0.29, 0.717) is 6.61 Å². The smallest absolute Gasteiger partial charge is 0.0934 e. The molecule has 2 aliphatic rings. The molecule has 16 heavy (non-hydrogen) atoms. The number of aliphatic hydroxyl groups excluding tert-OH is 1. The van der Waals surface area contributed by atoms with Gasteiger partial charge in [0.15, 0.2) is 0 Å². The topological polar surface area (TPSA) is 33.1 Å². The van der Waals surface area contributed by atoms with Crippen LogP contribution in [0.1, 0.15) is 55.1 Å². The van der Waals surface area contributed by atoms with E-state index in [4.69, 9.17) is 4.98 Å². The quantitative estimate of drug-likeness (QED) is 0.873. The lowest BCUT2D eigenvalue weighted by Gasteiger charge is -2.08. The van der Waals surface area contributed by atoms with E-state index >= 15 is 0 Å². The van der Waals surface area contributed by atoms with E-state index < -0.39 is 0 Å². The van der Waals surface area contributed by atoms with Gasteiger partial charge in [-0.2, -0.15) is 0 Å². The van der Waals surface area contributed by atoms with Gasteiger partial charge in [-0.3, -0.25) is 0 Å². The molecule has 3 heteroatoms. The molecule has 1 aromatic heterocycles. The maximum Gasteiger partial charge on any atom is 0.0934 e. The normalized spacial score (nSPS) is 23.8. The zero-order valence-corrected chi connectivity index (χ0v) is 10.4. The Morgan fingerprint density at radius 3 is 2.75 bits per heavy atom. The standard InChI is InChI=1S/C13H19NOS/c15-9-13(5-6-13)7-12-14-11(8-16-12)10-3-1-2-4-10/h8,10,15H,1-7,9H2. The monoisotopic (exact) mass is 237 g/mol. The van der Waals surface area contributed by atoms with Crippen LogP contribution in [0.4, 0.5) is 0 Å². The molecule has 1 heterocycles. The summed E-state index contributed by atoms with van der Waals surface area (Å²) in [6, 6.07) is 0. The minimum absolute atomic E-state index is 0.213. The van der Waals surface area contributed by atoms with Gasteiger partial charge in [0.25, 0.3) is 0 Å². The summed E-state index contributed by atoms with van der Waals surface area (Å²) in [5, 5.41) is 12.8. The summed E-state index contributed by atoms with van der Waals surface area (Å²) in [6.07, 6.45) is 8.77. The summed E-state index contributed by atoms with van der Waals surface area (Å²) in [4.78, 5) is 4.77. The van der Waals surface area contributed by atoms with Gasteiger partial charge in [-0.05, 0) is 31.1 Å². The first-order valence-corrected chi connectivity index (χ1v) is 7.24. The Labute approximate surface area is 101 Å². The minimum atomic E-state index is 0.213. The lowest BCUT2D eigenvalue weighted by molar-refractivity contribution is 0.211. The van der Waals surface area contributed by atoms with Crippen LogP contribution in [0.25, 0.3) is 0 Å². The molecule has 88 valence electrons. The highest BCUT2D eigenvalue weighted by molar-refractivity contribution is 7.09. The van der Waals surface area contributed by atoms with Crippen LogP contribution in [-0.2, 0) is 6.42 Å². The Bertz CT molecular complexity index is 364. The largest absolute Gasteiger partial charge is 0.396 e. The van der Waals surface area contributed by atoms with Crippen LogP contribution in [-0.4, -0.2) is 16.7 Å². The Kier molecular flexibility index (Phi) is 2.76. The molecule has 2 saturated carbocycles. The molecular weight excluding hydrogens is 218 g/mol. The summed E-state index contributed by atoms with van der Waals surface area (Å²) < 4.78 is 0. The molecule has 2 nitrogen and oxygen atoms in total. The molecule has 0 aromatic carbocycles. The van der Waals surface area contributed by atoms with Crippen LogP contribution in [0.2, 0.25) is 0 Å². The molecule has 3 rings (SSSR count). The van der Waals surface area contributed by atoms with Crippen molar-refractivity contribution >= 4 is 11.3 Å². The van der Waals surface area contributed by atoms with E-state index in [9.17, 15) is 5.11 Å². The van der Waals surface area contributed by atoms with Gasteiger partial charge in [-0.15, -0.1) is 11.3 Å². The number of aliphatic hydroxyl groups is 1. The van der Waals surface area contributed by atoms with Gasteiger partial charge in [-0.1, -0.05) is 12.8 Å². The van der Waals surface area contributed by atoms with E-state index in [0.717, 1.165) is 12.3 Å². The fraction of sp³-hybridized carbons (Fsp3) is 0.769. The van der Waals surface area contributed by atoms with Crippen molar-refractivity contribution in [2.45, 2.75) is 50.9 Å². The van der Waals surface area contributed by atoms with Gasteiger partial charge in [-0.25, -0.2) is 4.98 Å². The predicted octanol–water partition coefficient (Wildman–Crippen LogP) is 3.12. The van der Waals surface area contributed by atoms with Gasteiger partial charge < -0.3 is 5.11 Å². The van der Waals surface area contributed by atoms with Crippen LogP contribution in [0, 0.1) is 5.41 Å². The average molecular weight is 237 g/mol. The van der Waals surface area contributed by atoms with Crippen LogP contribution in [0.15, 0.2) is 5.38 Å². The average Bonchev–Trinajstić information content (AvgIpc) is 2.72. The highest BCUT2D eigenvalue weighted by atomic mass is 32.1. The number of aromatic nitrogens is 1. The number of rotatable bonds is 4. The van der Waals surface area contributed by atoms with Crippen molar-refractivity contribution in [2.24, 2.45) is 5.41 Å². The second-order valence-electron chi connectivity index (χ2n) is 5.48. The summed E-state index contributed by atoms with van der Waals surface area (Å²) in [5.41, 5.74) is 1.54. The molecule has 0 spiro atoms. The summed E-state index contributed by atoms with van der Waals surface area (Å²) >= 11 is 1.80. The SMILES string of the molecule is OCC1(Cc2nc(C3CCCC3)cs2)CC1. The first-order valence-electron chi connectivity index (χ1n) is 6.36. The highest BCUT2D eigenvalue weighted by Gasteiger charge is 2.42. The predicted molar refractivity (Wildman–Crippen MR) is 65.8 cm³/mol. The van der Waals surface area contributed by atoms with Gasteiger partial charge >= 0.3 is 0 Å². The highest BCUT2D eigenvalue weighted by Crippen LogP contribution is 2.48. The maximum absolute atomic E-state index is 9.31. The van der Waals surface area contributed by atoms with Crippen molar-refractivity contribution in [3.63, 3.8) is 0 Å². The Hall–Kier alpha value is -0.410. The fourth-order valence-electron chi connectivity index (χ4n) is 2.70. The van der Waals surface area contributed by atoms with Crippen molar-refractivity contribution in [2.75, 3.05) is 6.61 Å². The number of hydrogen-bond acceptors (Lipinski definition) is 3.